The van der Waals surface area contributed by atoms with Gasteiger partial charge in [-0.25, -0.2) is 8.42 Å². The van der Waals surface area contributed by atoms with E-state index in [0.717, 1.165) is 5.56 Å². The Morgan fingerprint density at radius 1 is 1.21 bits per heavy atom. The summed E-state index contributed by atoms with van der Waals surface area (Å²) < 4.78 is 26.6. The molecule has 1 aliphatic carbocycles. The molecule has 0 amide bonds. The molecule has 0 N–H and O–H groups in total. The molecule has 2 rings (SSSR count). The maximum atomic E-state index is 11.8. The van der Waals surface area contributed by atoms with Crippen molar-refractivity contribution in [2.75, 3.05) is 0 Å². The van der Waals surface area contributed by atoms with Crippen molar-refractivity contribution in [1.82, 2.24) is 0 Å². The average Bonchev–Trinajstić information content (AvgIpc) is 2.40. The molecule has 96 valence electrons. The summed E-state index contributed by atoms with van der Waals surface area (Å²) in [4.78, 5) is 2.38. The van der Waals surface area contributed by atoms with E-state index in [1.165, 1.54) is 6.08 Å². The van der Waals surface area contributed by atoms with E-state index in [4.69, 9.17) is 5.53 Å². The van der Waals surface area contributed by atoms with Gasteiger partial charge >= 0.3 is 0 Å². The largest absolute Gasteiger partial charge is 0.246 e. The van der Waals surface area contributed by atoms with Gasteiger partial charge in [0.2, 0.25) is 10.0 Å². The van der Waals surface area contributed by atoms with Crippen LogP contribution in [0.15, 0.2) is 64.7 Å². The smallest absolute Gasteiger partial charge is 0.220 e. The van der Waals surface area contributed by atoms with Crippen LogP contribution < -0.4 is 0 Å². The lowest BCUT2D eigenvalue weighted by atomic mass is 10.0. The molecular formula is C13H11N3O2S. The van der Waals surface area contributed by atoms with Gasteiger partial charge in [0.1, 0.15) is 5.25 Å². The predicted molar refractivity (Wildman–Crippen MR) is 74.6 cm³/mol. The van der Waals surface area contributed by atoms with Gasteiger partial charge in [0, 0.05) is 9.43 Å². The number of azide groups is 1. The third-order valence-corrected chi connectivity index (χ3v) is 3.99. The van der Waals surface area contributed by atoms with E-state index in [1.54, 1.807) is 24.3 Å². The summed E-state index contributed by atoms with van der Waals surface area (Å²) in [6.07, 6.45) is 8.32. The van der Waals surface area contributed by atoms with Crippen molar-refractivity contribution >= 4 is 16.1 Å². The van der Waals surface area contributed by atoms with Gasteiger partial charge in [0.05, 0.1) is 0 Å². The molecular weight excluding hydrogens is 262 g/mol. The summed E-state index contributed by atoms with van der Waals surface area (Å²) in [5, 5.41) is -0.936. The van der Waals surface area contributed by atoms with E-state index in [0.29, 0.717) is 5.57 Å². The predicted octanol–water partition coefficient (Wildman–Crippen LogP) is 3.20. The molecule has 1 atom stereocenters. The lowest BCUT2D eigenvalue weighted by molar-refractivity contribution is 0.594. The van der Waals surface area contributed by atoms with Gasteiger partial charge in [-0.15, -0.1) is 0 Å². The molecule has 0 aliphatic heterocycles. The monoisotopic (exact) mass is 273 g/mol. The van der Waals surface area contributed by atoms with Crippen LogP contribution in [0.5, 0.6) is 0 Å². The van der Waals surface area contributed by atoms with Gasteiger partial charge in [0.25, 0.3) is 0 Å². The number of hydrogen-bond acceptors (Lipinski definition) is 2. The van der Waals surface area contributed by atoms with Crippen LogP contribution in [0, 0.1) is 0 Å². The van der Waals surface area contributed by atoms with Crippen LogP contribution in [-0.2, 0) is 10.0 Å². The van der Waals surface area contributed by atoms with Crippen molar-refractivity contribution in [3.63, 3.8) is 0 Å². The highest BCUT2D eigenvalue weighted by Gasteiger charge is 2.25. The van der Waals surface area contributed by atoms with Crippen molar-refractivity contribution in [1.29, 1.82) is 0 Å². The van der Waals surface area contributed by atoms with Crippen molar-refractivity contribution in [2.24, 2.45) is 4.52 Å². The third-order valence-electron chi connectivity index (χ3n) is 2.62. The van der Waals surface area contributed by atoms with E-state index in [1.807, 2.05) is 30.3 Å². The third kappa shape index (κ3) is 3.13. The molecule has 1 unspecified atom stereocenters. The lowest BCUT2D eigenvalue weighted by Crippen LogP contribution is -2.19. The number of hydrogen-bond donors (Lipinski definition) is 0. The van der Waals surface area contributed by atoms with Crippen LogP contribution in [0.1, 0.15) is 5.56 Å². The summed E-state index contributed by atoms with van der Waals surface area (Å²) in [6, 6.07) is 9.36. The maximum Gasteiger partial charge on any atom is 0.246 e. The van der Waals surface area contributed by atoms with Crippen molar-refractivity contribution in [3.8, 4) is 0 Å². The Labute approximate surface area is 111 Å². The van der Waals surface area contributed by atoms with E-state index >= 15 is 0 Å². The molecule has 0 spiro atoms. The summed E-state index contributed by atoms with van der Waals surface area (Å²) in [5.74, 6) is 0. The van der Waals surface area contributed by atoms with Crippen LogP contribution in [0.3, 0.4) is 0 Å². The number of rotatable bonds is 3. The molecule has 0 saturated carbocycles. The highest BCUT2D eigenvalue weighted by Crippen LogP contribution is 2.23. The molecule has 6 heteroatoms. The quantitative estimate of drug-likeness (QED) is 0.481. The Balaban J connectivity index is 2.44. The Hall–Kier alpha value is -2.30. The first-order valence-electron chi connectivity index (χ1n) is 5.55. The van der Waals surface area contributed by atoms with Crippen molar-refractivity contribution in [2.45, 2.75) is 5.25 Å². The molecule has 0 fully saturated rings. The minimum atomic E-state index is -3.90. The van der Waals surface area contributed by atoms with E-state index in [-0.39, 0.29) is 0 Å². The van der Waals surface area contributed by atoms with Gasteiger partial charge in [-0.05, 0) is 16.7 Å². The van der Waals surface area contributed by atoms with E-state index in [2.05, 4.69) is 9.43 Å². The number of sulfonamides is 1. The standard InChI is InChI=1S/C13H11N3O2S/c14-15-16-19(17,18)13-9-5-4-8-12(13)10-11-6-2-1-3-7-11/h1-10,13H. The van der Waals surface area contributed by atoms with Gasteiger partial charge < -0.3 is 0 Å². The van der Waals surface area contributed by atoms with Gasteiger partial charge in [0.15, 0.2) is 0 Å². The van der Waals surface area contributed by atoms with Crippen LogP contribution in [0.2, 0.25) is 0 Å². The highest BCUT2D eigenvalue weighted by atomic mass is 32.2. The van der Waals surface area contributed by atoms with Crippen LogP contribution >= 0.6 is 0 Å². The van der Waals surface area contributed by atoms with Crippen molar-refractivity contribution < 1.29 is 8.42 Å². The molecule has 0 aromatic heterocycles. The number of nitrogens with zero attached hydrogens (tertiary/aromatic N) is 3. The summed E-state index contributed by atoms with van der Waals surface area (Å²) in [6.45, 7) is 0. The molecule has 5 nitrogen and oxygen atoms in total. The second kappa shape index (κ2) is 5.56. The first-order chi connectivity index (χ1) is 9.13. The number of benzene rings is 1. The molecule has 19 heavy (non-hydrogen) atoms. The lowest BCUT2D eigenvalue weighted by Gasteiger charge is -2.14. The second-order valence-electron chi connectivity index (χ2n) is 3.91. The Morgan fingerprint density at radius 2 is 1.95 bits per heavy atom. The molecule has 0 heterocycles. The van der Waals surface area contributed by atoms with E-state index in [9.17, 15) is 8.42 Å². The normalized spacial score (nSPS) is 20.2. The molecule has 0 radical (unpaired) electrons. The highest BCUT2D eigenvalue weighted by molar-refractivity contribution is 7.91. The summed E-state index contributed by atoms with van der Waals surface area (Å²) in [5.41, 5.74) is 9.78. The fraction of sp³-hybridized carbons (Fsp3) is 0.0769. The first kappa shape index (κ1) is 13.1. The zero-order chi connectivity index (χ0) is 13.7. The molecule has 1 aromatic rings. The topological polar surface area (TPSA) is 82.9 Å². The summed E-state index contributed by atoms with van der Waals surface area (Å²) in [7, 11) is -3.90. The average molecular weight is 273 g/mol. The SMILES string of the molecule is [N-]=[N+]=NS(=O)(=O)C1C=CC=CC1=Cc1ccccc1. The van der Waals surface area contributed by atoms with Crippen LogP contribution in [0.4, 0.5) is 0 Å². The Bertz CT molecular complexity index is 697. The fourth-order valence-corrected chi connectivity index (χ4v) is 2.77. The first-order valence-corrected chi connectivity index (χ1v) is 7.05. The zero-order valence-electron chi connectivity index (χ0n) is 9.92. The number of allylic oxidation sites excluding steroid dienone is 3. The Morgan fingerprint density at radius 3 is 2.63 bits per heavy atom. The summed E-state index contributed by atoms with van der Waals surface area (Å²) >= 11 is 0. The molecule has 1 aromatic carbocycles. The van der Waals surface area contributed by atoms with E-state index < -0.39 is 15.3 Å². The van der Waals surface area contributed by atoms with Crippen molar-refractivity contribution in [3.05, 3.63) is 76.2 Å². The minimum Gasteiger partial charge on any atom is -0.220 e. The van der Waals surface area contributed by atoms with Gasteiger partial charge in [-0.2, -0.15) is 0 Å². The zero-order valence-corrected chi connectivity index (χ0v) is 10.7. The Kier molecular flexibility index (Phi) is 3.85. The van der Waals surface area contributed by atoms with Gasteiger partial charge in [-0.3, -0.25) is 0 Å². The minimum absolute atomic E-state index is 0.570. The molecule has 1 aliphatic rings. The van der Waals surface area contributed by atoms with Crippen LogP contribution in [-0.4, -0.2) is 13.7 Å². The molecule has 0 saturated heterocycles. The molecule has 0 bridgehead atoms. The maximum absolute atomic E-state index is 11.8. The fourth-order valence-electron chi connectivity index (χ4n) is 1.78. The second-order valence-corrected chi connectivity index (χ2v) is 5.61. The van der Waals surface area contributed by atoms with Crippen LogP contribution in [0.25, 0.3) is 16.5 Å². The van der Waals surface area contributed by atoms with Gasteiger partial charge in [-0.1, -0.05) is 60.7 Å².